The molecule has 0 spiro atoms. The lowest BCUT2D eigenvalue weighted by molar-refractivity contribution is 0.0685. The third-order valence-electron chi connectivity index (χ3n) is 2.46. The number of para-hydroxylation sites is 2. The van der Waals surface area contributed by atoms with Gasteiger partial charge < -0.3 is 19.1 Å². The zero-order chi connectivity index (χ0) is 14.4. The van der Waals surface area contributed by atoms with E-state index < -0.39 is 5.97 Å². The fourth-order valence-electron chi connectivity index (χ4n) is 1.53. The van der Waals surface area contributed by atoms with Gasteiger partial charge in [-0.2, -0.15) is 0 Å². The van der Waals surface area contributed by atoms with Crippen LogP contribution in [0.1, 0.15) is 29.6 Å². The number of hydrogen-bond donors (Lipinski definition) is 1. The van der Waals surface area contributed by atoms with Gasteiger partial charge in [0.15, 0.2) is 23.0 Å². The van der Waals surface area contributed by atoms with Gasteiger partial charge in [0.05, 0.1) is 6.61 Å². The molecule has 0 saturated heterocycles. The van der Waals surface area contributed by atoms with Crippen molar-refractivity contribution in [1.82, 2.24) is 5.16 Å². The summed E-state index contributed by atoms with van der Waals surface area (Å²) in [6, 6.07) is 8.61. The number of carboxylic acids is 1. The average Bonchev–Trinajstić information content (AvgIpc) is 2.93. The maximum atomic E-state index is 10.7. The predicted molar refractivity (Wildman–Crippen MR) is 70.0 cm³/mol. The summed E-state index contributed by atoms with van der Waals surface area (Å²) in [7, 11) is 0. The van der Waals surface area contributed by atoms with Crippen LogP contribution in [0.4, 0.5) is 0 Å². The highest BCUT2D eigenvalue weighted by atomic mass is 16.5. The Morgan fingerprint density at radius 1 is 1.30 bits per heavy atom. The topological polar surface area (TPSA) is 81.8 Å². The number of aromatic nitrogens is 1. The average molecular weight is 277 g/mol. The SMILES string of the molecule is CCCOc1ccccc1OCc1cc(C(=O)O)no1. The number of carboxylic acid groups (broad SMARTS) is 1. The van der Waals surface area contributed by atoms with E-state index in [9.17, 15) is 4.79 Å². The van der Waals surface area contributed by atoms with Crippen molar-refractivity contribution in [3.05, 3.63) is 41.8 Å². The number of nitrogens with zero attached hydrogens (tertiary/aromatic N) is 1. The molecule has 0 amide bonds. The summed E-state index contributed by atoms with van der Waals surface area (Å²) in [6.07, 6.45) is 0.901. The first kappa shape index (κ1) is 13.9. The number of carbonyl (C=O) groups is 1. The van der Waals surface area contributed by atoms with E-state index in [0.717, 1.165) is 6.42 Å². The molecule has 2 rings (SSSR count). The van der Waals surface area contributed by atoms with E-state index in [0.29, 0.717) is 23.9 Å². The maximum Gasteiger partial charge on any atom is 0.358 e. The van der Waals surface area contributed by atoms with E-state index in [2.05, 4.69) is 5.16 Å². The van der Waals surface area contributed by atoms with E-state index in [-0.39, 0.29) is 12.3 Å². The molecule has 1 N–H and O–H groups in total. The molecule has 106 valence electrons. The van der Waals surface area contributed by atoms with Gasteiger partial charge in [0.2, 0.25) is 0 Å². The van der Waals surface area contributed by atoms with Crippen LogP contribution in [-0.2, 0) is 6.61 Å². The first-order valence-electron chi connectivity index (χ1n) is 6.24. The highest BCUT2D eigenvalue weighted by Gasteiger charge is 2.12. The molecule has 0 saturated carbocycles. The fraction of sp³-hybridized carbons (Fsp3) is 0.286. The number of rotatable bonds is 7. The lowest BCUT2D eigenvalue weighted by atomic mass is 10.3. The van der Waals surface area contributed by atoms with Gasteiger partial charge in [-0.1, -0.05) is 24.2 Å². The van der Waals surface area contributed by atoms with Crippen LogP contribution in [0.3, 0.4) is 0 Å². The predicted octanol–water partition coefficient (Wildman–Crippen LogP) is 2.74. The number of aromatic carboxylic acids is 1. The minimum Gasteiger partial charge on any atom is -0.490 e. The summed E-state index contributed by atoms with van der Waals surface area (Å²) < 4.78 is 16.0. The Morgan fingerprint density at radius 3 is 2.60 bits per heavy atom. The van der Waals surface area contributed by atoms with Gasteiger partial charge in [-0.15, -0.1) is 0 Å². The standard InChI is InChI=1S/C14H15NO5/c1-2-7-18-12-5-3-4-6-13(12)19-9-10-8-11(14(16)17)15-20-10/h3-6,8H,2,7,9H2,1H3,(H,16,17). The molecular weight excluding hydrogens is 262 g/mol. The monoisotopic (exact) mass is 277 g/mol. The molecule has 1 heterocycles. The molecule has 1 aromatic carbocycles. The summed E-state index contributed by atoms with van der Waals surface area (Å²) in [6.45, 7) is 2.71. The zero-order valence-corrected chi connectivity index (χ0v) is 11.0. The Bertz CT molecular complexity index is 578. The van der Waals surface area contributed by atoms with Crippen molar-refractivity contribution in [2.24, 2.45) is 0 Å². The lowest BCUT2D eigenvalue weighted by Crippen LogP contribution is -2.00. The van der Waals surface area contributed by atoms with Gasteiger partial charge in [0.25, 0.3) is 0 Å². The summed E-state index contributed by atoms with van der Waals surface area (Å²) in [4.78, 5) is 10.7. The number of ether oxygens (including phenoxy) is 2. The molecule has 1 aromatic heterocycles. The molecule has 0 atom stereocenters. The molecule has 0 bridgehead atoms. The molecule has 0 radical (unpaired) electrons. The van der Waals surface area contributed by atoms with E-state index in [1.807, 2.05) is 25.1 Å². The van der Waals surface area contributed by atoms with Gasteiger partial charge in [0, 0.05) is 6.07 Å². The molecule has 6 nitrogen and oxygen atoms in total. The number of benzene rings is 1. The lowest BCUT2D eigenvalue weighted by Gasteiger charge is -2.10. The highest BCUT2D eigenvalue weighted by molar-refractivity contribution is 5.85. The Balaban J connectivity index is 2.00. The van der Waals surface area contributed by atoms with Crippen molar-refractivity contribution in [2.45, 2.75) is 20.0 Å². The molecule has 0 aliphatic carbocycles. The molecule has 20 heavy (non-hydrogen) atoms. The summed E-state index contributed by atoms with van der Waals surface area (Å²) in [5.41, 5.74) is -0.140. The Morgan fingerprint density at radius 2 is 2.00 bits per heavy atom. The van der Waals surface area contributed by atoms with Crippen molar-refractivity contribution >= 4 is 5.97 Å². The van der Waals surface area contributed by atoms with E-state index in [1.54, 1.807) is 6.07 Å². The molecule has 0 unspecified atom stereocenters. The summed E-state index contributed by atoms with van der Waals surface area (Å²) >= 11 is 0. The molecule has 2 aromatic rings. The van der Waals surface area contributed by atoms with E-state index in [4.69, 9.17) is 19.1 Å². The molecular formula is C14H15NO5. The van der Waals surface area contributed by atoms with Crippen LogP contribution in [0.5, 0.6) is 11.5 Å². The molecule has 0 aliphatic rings. The van der Waals surface area contributed by atoms with Gasteiger partial charge >= 0.3 is 5.97 Å². The minimum absolute atomic E-state index is 0.0901. The van der Waals surface area contributed by atoms with Crippen molar-refractivity contribution < 1.29 is 23.9 Å². The van der Waals surface area contributed by atoms with Crippen LogP contribution < -0.4 is 9.47 Å². The Hall–Kier alpha value is -2.50. The zero-order valence-electron chi connectivity index (χ0n) is 11.0. The van der Waals surface area contributed by atoms with Crippen LogP contribution in [0, 0.1) is 0 Å². The van der Waals surface area contributed by atoms with Crippen LogP contribution in [-0.4, -0.2) is 22.8 Å². The summed E-state index contributed by atoms with van der Waals surface area (Å²) in [5, 5.41) is 12.2. The van der Waals surface area contributed by atoms with Crippen LogP contribution in [0.15, 0.2) is 34.9 Å². The Labute approximate surface area is 115 Å². The van der Waals surface area contributed by atoms with Crippen LogP contribution in [0.25, 0.3) is 0 Å². The van der Waals surface area contributed by atoms with Gasteiger partial charge in [-0.05, 0) is 18.6 Å². The van der Waals surface area contributed by atoms with Crippen molar-refractivity contribution in [3.8, 4) is 11.5 Å². The highest BCUT2D eigenvalue weighted by Crippen LogP contribution is 2.27. The quantitative estimate of drug-likeness (QED) is 0.838. The first-order chi connectivity index (χ1) is 9.70. The van der Waals surface area contributed by atoms with E-state index >= 15 is 0 Å². The van der Waals surface area contributed by atoms with Crippen molar-refractivity contribution in [1.29, 1.82) is 0 Å². The molecule has 0 fully saturated rings. The number of hydrogen-bond acceptors (Lipinski definition) is 5. The fourth-order valence-corrected chi connectivity index (χ4v) is 1.53. The molecule has 6 heteroatoms. The second kappa shape index (κ2) is 6.60. The van der Waals surface area contributed by atoms with Crippen molar-refractivity contribution in [3.63, 3.8) is 0 Å². The van der Waals surface area contributed by atoms with Gasteiger partial charge in [-0.3, -0.25) is 0 Å². The van der Waals surface area contributed by atoms with E-state index in [1.165, 1.54) is 6.07 Å². The summed E-state index contributed by atoms with van der Waals surface area (Å²) in [5.74, 6) is 0.431. The Kier molecular flexibility index (Phi) is 4.60. The minimum atomic E-state index is -1.13. The van der Waals surface area contributed by atoms with Crippen molar-refractivity contribution in [2.75, 3.05) is 6.61 Å². The van der Waals surface area contributed by atoms with Crippen LogP contribution >= 0.6 is 0 Å². The largest absolute Gasteiger partial charge is 0.490 e. The normalized spacial score (nSPS) is 10.2. The third-order valence-corrected chi connectivity index (χ3v) is 2.46. The second-order valence-electron chi connectivity index (χ2n) is 4.07. The van der Waals surface area contributed by atoms with Crippen LogP contribution in [0.2, 0.25) is 0 Å². The van der Waals surface area contributed by atoms with Gasteiger partial charge in [-0.25, -0.2) is 4.79 Å². The first-order valence-corrected chi connectivity index (χ1v) is 6.24. The second-order valence-corrected chi connectivity index (χ2v) is 4.07. The third kappa shape index (κ3) is 3.50. The smallest absolute Gasteiger partial charge is 0.358 e. The maximum absolute atomic E-state index is 10.7. The molecule has 0 aliphatic heterocycles. The van der Waals surface area contributed by atoms with Gasteiger partial charge in [0.1, 0.15) is 6.61 Å².